The molecule has 0 unspecified atom stereocenters. The minimum absolute atomic E-state index is 0.0638. The Hall–Kier alpha value is -1.96. The Morgan fingerprint density at radius 2 is 2.00 bits per heavy atom. The minimum atomic E-state index is -0.0638. The molecule has 2 N–H and O–H groups in total. The quantitative estimate of drug-likeness (QED) is 0.708. The number of hydrogen-bond acceptors (Lipinski definition) is 4. The molecule has 2 aromatic rings. The molecule has 4 rings (SSSR count). The monoisotopic (exact) mass is 415 g/mol. The van der Waals surface area contributed by atoms with Crippen molar-refractivity contribution in [2.24, 2.45) is 0 Å². The molecule has 2 saturated heterocycles. The summed E-state index contributed by atoms with van der Waals surface area (Å²) in [6.45, 7) is 5.47. The zero-order chi connectivity index (χ0) is 20.2. The fourth-order valence-electron chi connectivity index (χ4n) is 4.12. The second-order valence-corrected chi connectivity index (χ2v) is 8.39. The van der Waals surface area contributed by atoms with Crippen molar-refractivity contribution in [2.75, 3.05) is 26.3 Å². The van der Waals surface area contributed by atoms with Crippen molar-refractivity contribution in [3.05, 3.63) is 45.7 Å². The lowest BCUT2D eigenvalue weighted by Crippen LogP contribution is -2.45. The number of fused-ring (bicyclic) bond motifs is 1. The molecular formula is C22H29N3O3S. The summed E-state index contributed by atoms with van der Waals surface area (Å²) in [6.07, 6.45) is 4.63. The number of para-hydroxylation sites is 1. The fraction of sp³-hybridized carbons (Fsp3) is 0.545. The number of nitrogens with zero attached hydrogens (tertiary/aromatic N) is 1. The van der Waals surface area contributed by atoms with Crippen LogP contribution >= 0.6 is 12.2 Å². The van der Waals surface area contributed by atoms with Crippen LogP contribution in [-0.4, -0.2) is 53.5 Å². The number of hydrogen-bond donors (Lipinski definition) is 2. The highest BCUT2D eigenvalue weighted by Gasteiger charge is 2.23. The van der Waals surface area contributed by atoms with Crippen molar-refractivity contribution in [3.8, 4) is 0 Å². The van der Waals surface area contributed by atoms with Crippen LogP contribution in [0.15, 0.2) is 29.1 Å². The second kappa shape index (κ2) is 9.24. The van der Waals surface area contributed by atoms with Crippen LogP contribution in [0.25, 0.3) is 10.9 Å². The van der Waals surface area contributed by atoms with Crippen molar-refractivity contribution < 1.29 is 9.47 Å². The van der Waals surface area contributed by atoms with Crippen molar-refractivity contribution >= 4 is 28.2 Å². The minimum Gasteiger partial charge on any atom is -0.376 e. The first-order chi connectivity index (χ1) is 14.1. The van der Waals surface area contributed by atoms with Gasteiger partial charge in [-0.15, -0.1) is 0 Å². The predicted molar refractivity (Wildman–Crippen MR) is 118 cm³/mol. The number of nitrogens with one attached hydrogen (secondary N) is 2. The van der Waals surface area contributed by atoms with E-state index >= 15 is 0 Å². The molecule has 156 valence electrons. The van der Waals surface area contributed by atoms with Gasteiger partial charge in [0.1, 0.15) is 0 Å². The molecule has 0 aliphatic carbocycles. The van der Waals surface area contributed by atoms with Gasteiger partial charge in [-0.25, -0.2) is 0 Å². The van der Waals surface area contributed by atoms with Crippen molar-refractivity contribution in [2.45, 2.75) is 51.4 Å². The van der Waals surface area contributed by atoms with Crippen LogP contribution in [0.3, 0.4) is 0 Å². The maximum Gasteiger partial charge on any atom is 0.253 e. The summed E-state index contributed by atoms with van der Waals surface area (Å²) in [4.78, 5) is 17.9. The molecule has 2 atom stereocenters. The lowest BCUT2D eigenvalue weighted by Gasteiger charge is -2.28. The third-order valence-corrected chi connectivity index (χ3v) is 6.17. The van der Waals surface area contributed by atoms with E-state index in [0.29, 0.717) is 30.3 Å². The molecule has 1 aromatic heterocycles. The average molecular weight is 416 g/mol. The summed E-state index contributed by atoms with van der Waals surface area (Å²) >= 11 is 5.70. The average Bonchev–Trinajstić information content (AvgIpc) is 3.41. The molecule has 1 aromatic carbocycles. The van der Waals surface area contributed by atoms with Gasteiger partial charge in [0.15, 0.2) is 5.11 Å². The van der Waals surface area contributed by atoms with E-state index < -0.39 is 0 Å². The molecule has 0 amide bonds. The smallest absolute Gasteiger partial charge is 0.253 e. The molecule has 29 heavy (non-hydrogen) atoms. The van der Waals surface area contributed by atoms with Gasteiger partial charge in [0.25, 0.3) is 5.56 Å². The topological polar surface area (TPSA) is 66.6 Å². The van der Waals surface area contributed by atoms with Crippen LogP contribution in [0.2, 0.25) is 0 Å². The van der Waals surface area contributed by atoms with Gasteiger partial charge in [0.05, 0.1) is 24.3 Å². The number of rotatable bonds is 6. The van der Waals surface area contributed by atoms with E-state index in [1.807, 2.05) is 31.2 Å². The zero-order valence-corrected chi connectivity index (χ0v) is 17.7. The molecular weight excluding hydrogens is 386 g/mol. The van der Waals surface area contributed by atoms with E-state index in [0.717, 1.165) is 55.4 Å². The SMILES string of the molecule is Cc1cccc2cc(CN(C[C@@H]3CCCO3)C(=S)NC[C@@H]3CCCO3)c(=O)[nH]c12. The number of ether oxygens (including phenoxy) is 2. The summed E-state index contributed by atoms with van der Waals surface area (Å²) in [5, 5.41) is 5.04. The number of pyridine rings is 1. The molecule has 2 aliphatic rings. The van der Waals surface area contributed by atoms with Gasteiger partial charge in [-0.05, 0) is 61.8 Å². The van der Waals surface area contributed by atoms with Crippen LogP contribution in [0.1, 0.15) is 36.8 Å². The van der Waals surface area contributed by atoms with Gasteiger partial charge in [-0.1, -0.05) is 18.2 Å². The largest absolute Gasteiger partial charge is 0.376 e. The van der Waals surface area contributed by atoms with Gasteiger partial charge in [0, 0.05) is 31.9 Å². The highest BCUT2D eigenvalue weighted by Crippen LogP contribution is 2.18. The number of aryl methyl sites for hydroxylation is 1. The van der Waals surface area contributed by atoms with Gasteiger partial charge in [0.2, 0.25) is 0 Å². The van der Waals surface area contributed by atoms with Gasteiger partial charge >= 0.3 is 0 Å². The molecule has 0 radical (unpaired) electrons. The Labute approximate surface area is 176 Å². The third kappa shape index (κ3) is 4.97. The van der Waals surface area contributed by atoms with E-state index in [4.69, 9.17) is 21.7 Å². The third-order valence-electron chi connectivity index (χ3n) is 5.77. The number of benzene rings is 1. The highest BCUT2D eigenvalue weighted by atomic mass is 32.1. The Morgan fingerprint density at radius 1 is 1.24 bits per heavy atom. The Kier molecular flexibility index (Phi) is 6.47. The lowest BCUT2D eigenvalue weighted by atomic mass is 10.1. The fourth-order valence-corrected chi connectivity index (χ4v) is 4.35. The molecule has 3 heterocycles. The number of aromatic nitrogens is 1. The first-order valence-corrected chi connectivity index (χ1v) is 10.9. The molecule has 7 heteroatoms. The van der Waals surface area contributed by atoms with Crippen LogP contribution in [0.4, 0.5) is 0 Å². The predicted octanol–water partition coefficient (Wildman–Crippen LogP) is 2.87. The number of aromatic amines is 1. The van der Waals surface area contributed by atoms with E-state index in [9.17, 15) is 4.79 Å². The maximum atomic E-state index is 12.8. The van der Waals surface area contributed by atoms with Crippen LogP contribution in [0, 0.1) is 6.92 Å². The molecule has 2 aliphatic heterocycles. The van der Waals surface area contributed by atoms with Crippen LogP contribution < -0.4 is 10.9 Å². The maximum absolute atomic E-state index is 12.8. The molecule has 0 spiro atoms. The summed E-state index contributed by atoms with van der Waals surface area (Å²) in [6, 6.07) is 8.02. The van der Waals surface area contributed by atoms with Crippen LogP contribution in [-0.2, 0) is 16.0 Å². The number of thiocarbonyl (C=S) groups is 1. The lowest BCUT2D eigenvalue weighted by molar-refractivity contribution is 0.0885. The molecule has 0 bridgehead atoms. The van der Waals surface area contributed by atoms with Crippen LogP contribution in [0.5, 0.6) is 0 Å². The first-order valence-electron chi connectivity index (χ1n) is 10.5. The summed E-state index contributed by atoms with van der Waals surface area (Å²) in [7, 11) is 0. The zero-order valence-electron chi connectivity index (χ0n) is 16.9. The Bertz CT molecular complexity index is 917. The van der Waals surface area contributed by atoms with Crippen molar-refractivity contribution in [1.29, 1.82) is 0 Å². The molecule has 6 nitrogen and oxygen atoms in total. The normalized spacial score (nSPS) is 21.6. The van der Waals surface area contributed by atoms with Crippen molar-refractivity contribution in [3.63, 3.8) is 0 Å². The highest BCUT2D eigenvalue weighted by molar-refractivity contribution is 7.80. The van der Waals surface area contributed by atoms with Gasteiger partial charge in [-0.2, -0.15) is 0 Å². The second-order valence-electron chi connectivity index (χ2n) is 8.00. The first kappa shape index (κ1) is 20.3. The summed E-state index contributed by atoms with van der Waals surface area (Å²) in [5.74, 6) is 0. The molecule has 0 saturated carbocycles. The Morgan fingerprint density at radius 3 is 2.72 bits per heavy atom. The van der Waals surface area contributed by atoms with E-state index in [2.05, 4.69) is 15.2 Å². The van der Waals surface area contributed by atoms with Gasteiger partial charge in [-0.3, -0.25) is 4.79 Å². The number of H-pyrrole nitrogens is 1. The standard InChI is InChI=1S/C22H29N3O3S/c1-15-5-2-6-16-11-17(21(26)24-20(15)16)13-25(14-19-8-4-10-28-19)22(29)23-12-18-7-3-9-27-18/h2,5-6,11,18-19H,3-4,7-10,12-14H2,1H3,(H,23,29)(H,24,26)/t18-,19-/m0/s1. The van der Waals surface area contributed by atoms with E-state index in [-0.39, 0.29) is 17.8 Å². The van der Waals surface area contributed by atoms with E-state index in [1.54, 1.807) is 0 Å². The summed E-state index contributed by atoms with van der Waals surface area (Å²) < 4.78 is 11.5. The van der Waals surface area contributed by atoms with Gasteiger partial charge < -0.3 is 24.7 Å². The summed E-state index contributed by atoms with van der Waals surface area (Å²) in [5.41, 5.74) is 2.61. The van der Waals surface area contributed by atoms with E-state index in [1.165, 1.54) is 0 Å². The molecule has 2 fully saturated rings. The Balaban J connectivity index is 1.52. The van der Waals surface area contributed by atoms with Crippen molar-refractivity contribution in [1.82, 2.24) is 15.2 Å².